The Labute approximate surface area is 136 Å². The summed E-state index contributed by atoms with van der Waals surface area (Å²) < 4.78 is 40.4. The summed E-state index contributed by atoms with van der Waals surface area (Å²) in [5.41, 5.74) is 2.07. The zero-order valence-electron chi connectivity index (χ0n) is 12.5. The molecule has 3 heterocycles. The fourth-order valence-electron chi connectivity index (χ4n) is 2.88. The van der Waals surface area contributed by atoms with Gasteiger partial charge in [0.25, 0.3) is 0 Å². The van der Waals surface area contributed by atoms with Gasteiger partial charge in [-0.1, -0.05) is 12.1 Å². The van der Waals surface area contributed by atoms with Crippen LogP contribution in [0.3, 0.4) is 0 Å². The van der Waals surface area contributed by atoms with E-state index in [4.69, 9.17) is 0 Å². The van der Waals surface area contributed by atoms with Crippen molar-refractivity contribution in [1.29, 1.82) is 0 Å². The van der Waals surface area contributed by atoms with Gasteiger partial charge in [-0.3, -0.25) is 4.98 Å². The number of rotatable bonds is 2. The standard InChI is InChI=1S/C17H13F3N4/c18-17(19,20)11-4-3-5-12(10-11)24-16-13(7-9-22-16)15(23-24)14-6-1-2-8-21-14/h1-6,8,10,22H,7,9H2. The molecule has 0 fully saturated rings. The minimum Gasteiger partial charge on any atom is -0.369 e. The summed E-state index contributed by atoms with van der Waals surface area (Å²) >= 11 is 0. The van der Waals surface area contributed by atoms with E-state index in [0.29, 0.717) is 17.1 Å². The smallest absolute Gasteiger partial charge is 0.369 e. The molecular weight excluding hydrogens is 317 g/mol. The second-order valence-corrected chi connectivity index (χ2v) is 5.53. The van der Waals surface area contributed by atoms with Crippen molar-refractivity contribution >= 4 is 5.82 Å². The van der Waals surface area contributed by atoms with E-state index in [1.165, 1.54) is 10.7 Å². The molecule has 4 rings (SSSR count). The monoisotopic (exact) mass is 330 g/mol. The van der Waals surface area contributed by atoms with Gasteiger partial charge in [0.05, 0.1) is 16.9 Å². The van der Waals surface area contributed by atoms with Crippen molar-refractivity contribution in [3.05, 3.63) is 59.8 Å². The quantitative estimate of drug-likeness (QED) is 0.774. The highest BCUT2D eigenvalue weighted by Gasteiger charge is 2.31. The molecule has 1 aliphatic rings. The lowest BCUT2D eigenvalue weighted by Crippen LogP contribution is -2.08. The molecule has 0 spiro atoms. The second kappa shape index (κ2) is 5.36. The third kappa shape index (κ3) is 2.42. The lowest BCUT2D eigenvalue weighted by molar-refractivity contribution is -0.137. The zero-order valence-corrected chi connectivity index (χ0v) is 12.5. The van der Waals surface area contributed by atoms with E-state index >= 15 is 0 Å². The molecule has 0 radical (unpaired) electrons. The number of nitrogens with one attached hydrogen (secondary N) is 1. The molecule has 4 nitrogen and oxygen atoms in total. The van der Waals surface area contributed by atoms with Crippen LogP contribution in [0.15, 0.2) is 48.7 Å². The van der Waals surface area contributed by atoms with Crippen LogP contribution in [0.1, 0.15) is 11.1 Å². The number of aromatic nitrogens is 3. The van der Waals surface area contributed by atoms with Gasteiger partial charge >= 0.3 is 6.18 Å². The first-order valence-corrected chi connectivity index (χ1v) is 7.49. The average Bonchev–Trinajstić information content (AvgIpc) is 3.17. The Kier molecular flexibility index (Phi) is 3.30. The average molecular weight is 330 g/mol. The molecule has 0 saturated carbocycles. The van der Waals surface area contributed by atoms with Gasteiger partial charge in [-0.2, -0.15) is 18.3 Å². The zero-order chi connectivity index (χ0) is 16.7. The molecule has 1 aromatic carbocycles. The first-order chi connectivity index (χ1) is 11.5. The van der Waals surface area contributed by atoms with Crippen LogP contribution in [0.4, 0.5) is 19.0 Å². The number of anilines is 1. The normalized spacial score (nSPS) is 13.6. The van der Waals surface area contributed by atoms with E-state index in [2.05, 4.69) is 15.4 Å². The van der Waals surface area contributed by atoms with Crippen molar-refractivity contribution in [1.82, 2.24) is 14.8 Å². The Balaban J connectivity index is 1.86. The van der Waals surface area contributed by atoms with E-state index in [1.54, 1.807) is 12.3 Å². The number of alkyl halides is 3. The summed E-state index contributed by atoms with van der Waals surface area (Å²) in [5, 5.41) is 7.73. The van der Waals surface area contributed by atoms with Crippen LogP contribution in [-0.4, -0.2) is 21.3 Å². The molecule has 0 bridgehead atoms. The summed E-state index contributed by atoms with van der Waals surface area (Å²) in [6, 6.07) is 10.7. The predicted octanol–water partition coefficient (Wildman–Crippen LogP) is 3.92. The van der Waals surface area contributed by atoms with Crippen LogP contribution in [0.2, 0.25) is 0 Å². The first kappa shape index (κ1) is 14.7. The number of hydrogen-bond donors (Lipinski definition) is 1. The van der Waals surface area contributed by atoms with Gasteiger partial charge in [-0.25, -0.2) is 4.68 Å². The van der Waals surface area contributed by atoms with Gasteiger partial charge < -0.3 is 5.32 Å². The van der Waals surface area contributed by atoms with E-state index in [-0.39, 0.29) is 0 Å². The molecule has 0 atom stereocenters. The van der Waals surface area contributed by atoms with Gasteiger partial charge in [-0.05, 0) is 36.8 Å². The third-order valence-corrected chi connectivity index (χ3v) is 3.98. The number of halogens is 3. The van der Waals surface area contributed by atoms with Crippen molar-refractivity contribution in [2.24, 2.45) is 0 Å². The Bertz CT molecular complexity index is 885. The highest BCUT2D eigenvalue weighted by atomic mass is 19.4. The van der Waals surface area contributed by atoms with Crippen LogP contribution >= 0.6 is 0 Å². The minimum absolute atomic E-state index is 0.373. The van der Waals surface area contributed by atoms with Crippen LogP contribution in [0.25, 0.3) is 17.1 Å². The highest BCUT2D eigenvalue weighted by molar-refractivity contribution is 5.70. The maximum absolute atomic E-state index is 13.0. The number of hydrogen-bond acceptors (Lipinski definition) is 3. The Morgan fingerprint density at radius 3 is 2.71 bits per heavy atom. The number of fused-ring (bicyclic) bond motifs is 1. The highest BCUT2D eigenvalue weighted by Crippen LogP contribution is 2.35. The van der Waals surface area contributed by atoms with E-state index < -0.39 is 11.7 Å². The second-order valence-electron chi connectivity index (χ2n) is 5.53. The van der Waals surface area contributed by atoms with E-state index in [9.17, 15) is 13.2 Å². The van der Waals surface area contributed by atoms with Gasteiger partial charge in [0.2, 0.25) is 0 Å². The lowest BCUT2D eigenvalue weighted by atomic mass is 10.1. The molecule has 0 amide bonds. The van der Waals surface area contributed by atoms with Gasteiger partial charge in [0.1, 0.15) is 11.5 Å². The van der Waals surface area contributed by atoms with E-state index in [1.807, 2.05) is 18.2 Å². The Morgan fingerprint density at radius 2 is 1.96 bits per heavy atom. The molecule has 3 aromatic rings. The lowest BCUT2D eigenvalue weighted by Gasteiger charge is -2.10. The molecule has 0 unspecified atom stereocenters. The van der Waals surface area contributed by atoms with Gasteiger partial charge in [0, 0.05) is 18.3 Å². The summed E-state index contributed by atoms with van der Waals surface area (Å²) in [6.07, 6.45) is -1.95. The third-order valence-electron chi connectivity index (χ3n) is 3.98. The summed E-state index contributed by atoms with van der Waals surface area (Å²) in [5.74, 6) is 0.731. The van der Waals surface area contributed by atoms with Crippen LogP contribution < -0.4 is 5.32 Å². The fourth-order valence-corrected chi connectivity index (χ4v) is 2.88. The topological polar surface area (TPSA) is 42.7 Å². The number of nitrogens with zero attached hydrogens (tertiary/aromatic N) is 3. The molecule has 1 aliphatic heterocycles. The fraction of sp³-hybridized carbons (Fsp3) is 0.176. The molecule has 0 aliphatic carbocycles. The molecule has 0 saturated heterocycles. The molecular formula is C17H13F3N4. The SMILES string of the molecule is FC(F)(F)c1cccc(-n2nc(-c3ccccn3)c3c2NCC3)c1. The van der Waals surface area contributed by atoms with Crippen LogP contribution in [-0.2, 0) is 12.6 Å². The Hall–Kier alpha value is -2.83. The van der Waals surface area contributed by atoms with Crippen LogP contribution in [0, 0.1) is 0 Å². The van der Waals surface area contributed by atoms with Gasteiger partial charge in [-0.15, -0.1) is 0 Å². The summed E-state index contributed by atoms with van der Waals surface area (Å²) in [4.78, 5) is 4.31. The molecule has 1 N–H and O–H groups in total. The number of benzene rings is 1. The number of pyridine rings is 1. The largest absolute Gasteiger partial charge is 0.416 e. The van der Waals surface area contributed by atoms with Crippen molar-refractivity contribution in [3.63, 3.8) is 0 Å². The van der Waals surface area contributed by atoms with Crippen molar-refractivity contribution in [2.45, 2.75) is 12.6 Å². The van der Waals surface area contributed by atoms with E-state index in [0.717, 1.165) is 36.5 Å². The van der Waals surface area contributed by atoms with Crippen molar-refractivity contribution in [2.75, 3.05) is 11.9 Å². The Morgan fingerprint density at radius 1 is 1.08 bits per heavy atom. The molecule has 2 aromatic heterocycles. The first-order valence-electron chi connectivity index (χ1n) is 7.49. The minimum atomic E-state index is -4.39. The maximum atomic E-state index is 13.0. The maximum Gasteiger partial charge on any atom is 0.416 e. The van der Waals surface area contributed by atoms with Crippen LogP contribution in [0.5, 0.6) is 0 Å². The molecule has 122 valence electrons. The van der Waals surface area contributed by atoms with Crippen molar-refractivity contribution in [3.8, 4) is 17.1 Å². The van der Waals surface area contributed by atoms with Gasteiger partial charge in [0.15, 0.2) is 0 Å². The molecule has 7 heteroatoms. The molecule has 24 heavy (non-hydrogen) atoms. The predicted molar refractivity (Wildman–Crippen MR) is 84.0 cm³/mol. The summed E-state index contributed by atoms with van der Waals surface area (Å²) in [7, 11) is 0. The summed E-state index contributed by atoms with van der Waals surface area (Å²) in [6.45, 7) is 0.728. The van der Waals surface area contributed by atoms with Crippen molar-refractivity contribution < 1.29 is 13.2 Å².